The van der Waals surface area contributed by atoms with Crippen LogP contribution in [0.4, 0.5) is 0 Å². The summed E-state index contributed by atoms with van der Waals surface area (Å²) in [5.74, 6) is -9.86. The number of unbranched alkanes of at least 4 members (excludes halogenated alkanes) is 2. The minimum Gasteiger partial charge on any atom is -0.480 e. The third-order valence-electron chi connectivity index (χ3n) is 14.0. The van der Waals surface area contributed by atoms with Crippen LogP contribution in [0.3, 0.4) is 0 Å². The molecule has 3 heterocycles. The molecule has 0 radical (unpaired) electrons. The Kier molecular flexibility index (Phi) is 27.9. The van der Waals surface area contributed by atoms with Crippen LogP contribution < -0.4 is 59.7 Å². The van der Waals surface area contributed by atoms with Gasteiger partial charge in [0.2, 0.25) is 59.1 Å². The van der Waals surface area contributed by atoms with Gasteiger partial charge in [-0.25, -0.2) is 4.79 Å². The molecule has 28 heteroatoms. The van der Waals surface area contributed by atoms with Gasteiger partial charge in [0.05, 0.1) is 18.8 Å². The van der Waals surface area contributed by atoms with Crippen LogP contribution in [-0.2, 0) is 52.7 Å². The van der Waals surface area contributed by atoms with Crippen LogP contribution in [0.15, 0.2) is 0 Å². The van der Waals surface area contributed by atoms with E-state index in [0.717, 1.165) is 6.42 Å². The summed E-state index contributed by atoms with van der Waals surface area (Å²) in [5, 5.41) is 51.4. The second-order valence-electron chi connectivity index (χ2n) is 19.7. The first-order valence-electron chi connectivity index (χ1n) is 26.4. The molecule has 10 amide bonds. The van der Waals surface area contributed by atoms with Gasteiger partial charge < -0.3 is 84.9 Å². The summed E-state index contributed by atoms with van der Waals surface area (Å²) in [4.78, 5) is 150. The molecule has 0 unspecified atom stereocenters. The average Bonchev–Trinajstić information content (AvgIpc) is 4.22. The number of nitrogens with two attached hydrogens (primary N) is 3. The fourth-order valence-corrected chi connectivity index (χ4v) is 9.52. The molecule has 3 fully saturated rings. The number of hydrogen-bond acceptors (Lipinski definition) is 17. The van der Waals surface area contributed by atoms with Gasteiger partial charge in [-0.05, 0) is 116 Å². The quantitative estimate of drug-likeness (QED) is 0.0216. The lowest BCUT2D eigenvalue weighted by atomic mass is 9.96. The first-order chi connectivity index (χ1) is 36.1. The maximum atomic E-state index is 14.4. The maximum absolute atomic E-state index is 14.4. The number of aliphatic carboxylic acids is 1. The summed E-state index contributed by atoms with van der Waals surface area (Å²) in [6, 6.07) is -12.5. The Morgan fingerprint density at radius 2 is 1.16 bits per heavy atom. The second-order valence-corrected chi connectivity index (χ2v) is 20.1. The van der Waals surface area contributed by atoms with Gasteiger partial charge in [0.1, 0.15) is 54.4 Å². The minimum atomic E-state index is -1.73. The van der Waals surface area contributed by atoms with Crippen molar-refractivity contribution in [3.05, 3.63) is 0 Å². The Morgan fingerprint density at radius 1 is 0.632 bits per heavy atom. The van der Waals surface area contributed by atoms with Crippen molar-refractivity contribution in [1.82, 2.24) is 52.3 Å². The van der Waals surface area contributed by atoms with Crippen molar-refractivity contribution in [2.24, 2.45) is 23.1 Å². The minimum absolute atomic E-state index is 0.0635. The number of thiol groups is 1. The summed E-state index contributed by atoms with van der Waals surface area (Å²) in [5.41, 5.74) is 16.5. The number of nitrogens with one attached hydrogen (secondary N) is 8. The Labute approximate surface area is 448 Å². The summed E-state index contributed by atoms with van der Waals surface area (Å²) >= 11 is 4.18. The molecule has 17 N–H and O–H groups in total. The van der Waals surface area contributed by atoms with Crippen LogP contribution in [0.2, 0.25) is 0 Å². The summed E-state index contributed by atoms with van der Waals surface area (Å²) < 4.78 is 0. The van der Waals surface area contributed by atoms with E-state index in [-0.39, 0.29) is 70.3 Å². The van der Waals surface area contributed by atoms with Gasteiger partial charge in [-0.2, -0.15) is 12.6 Å². The highest BCUT2D eigenvalue weighted by Gasteiger charge is 2.45. The summed E-state index contributed by atoms with van der Waals surface area (Å²) in [6.45, 7) is 5.20. The molecule has 0 bridgehead atoms. The van der Waals surface area contributed by atoms with Gasteiger partial charge in [0.15, 0.2) is 0 Å². The van der Waals surface area contributed by atoms with Gasteiger partial charge in [0.25, 0.3) is 0 Å². The predicted octanol–water partition coefficient (Wildman–Crippen LogP) is -4.93. The Morgan fingerprint density at radius 3 is 1.70 bits per heavy atom. The third-order valence-corrected chi connectivity index (χ3v) is 14.3. The maximum Gasteiger partial charge on any atom is 0.326 e. The fourth-order valence-electron chi connectivity index (χ4n) is 9.27. The number of carbonyl (C=O) groups excluding carboxylic acids is 10. The molecule has 3 aliphatic heterocycles. The Bertz CT molecular complexity index is 2020. The van der Waals surface area contributed by atoms with E-state index in [1.807, 2.05) is 0 Å². The number of hydrogen-bond donors (Lipinski definition) is 15. The topological polar surface area (TPSA) is 429 Å². The van der Waals surface area contributed by atoms with E-state index in [1.165, 1.54) is 16.7 Å². The number of likely N-dealkylation sites (tertiary alicyclic amines) is 2. The number of aliphatic hydroxyl groups excluding tert-OH is 2. The van der Waals surface area contributed by atoms with Crippen LogP contribution >= 0.6 is 12.6 Å². The Balaban J connectivity index is 1.74. The van der Waals surface area contributed by atoms with Crippen LogP contribution in [0.25, 0.3) is 0 Å². The highest BCUT2D eigenvalue weighted by Crippen LogP contribution is 2.27. The molecule has 3 saturated heterocycles. The van der Waals surface area contributed by atoms with Gasteiger partial charge >= 0.3 is 5.97 Å². The van der Waals surface area contributed by atoms with E-state index in [1.54, 1.807) is 13.8 Å². The first kappa shape index (κ1) is 64.6. The molecule has 0 aliphatic carbocycles. The molecule has 3 rings (SSSR count). The van der Waals surface area contributed by atoms with Gasteiger partial charge in [-0.15, -0.1) is 0 Å². The number of amides is 10. The van der Waals surface area contributed by atoms with Crippen molar-refractivity contribution >= 4 is 77.7 Å². The first-order valence-corrected chi connectivity index (χ1v) is 27.0. The van der Waals surface area contributed by atoms with Crippen molar-refractivity contribution in [3.63, 3.8) is 0 Å². The molecule has 0 spiro atoms. The number of carbonyl (C=O) groups is 11. The lowest BCUT2D eigenvalue weighted by Gasteiger charge is -2.35. The van der Waals surface area contributed by atoms with Crippen molar-refractivity contribution in [1.29, 1.82) is 0 Å². The number of rotatable bonds is 33. The van der Waals surface area contributed by atoms with E-state index in [9.17, 15) is 68.1 Å². The molecule has 3 aliphatic rings. The highest BCUT2D eigenvalue weighted by molar-refractivity contribution is 7.80. The predicted molar refractivity (Wildman–Crippen MR) is 278 cm³/mol. The van der Waals surface area contributed by atoms with Crippen LogP contribution in [0.5, 0.6) is 0 Å². The summed E-state index contributed by atoms with van der Waals surface area (Å²) in [6.07, 6.45) is 2.80. The molecule has 0 aromatic carbocycles. The molecule has 0 aromatic rings. The zero-order valence-corrected chi connectivity index (χ0v) is 44.8. The number of carboxylic acid groups (broad SMARTS) is 1. The zero-order chi connectivity index (χ0) is 56.6. The molecule has 430 valence electrons. The smallest absolute Gasteiger partial charge is 0.326 e. The number of aliphatic hydroxyl groups is 2. The molecule has 12 atom stereocenters. The lowest BCUT2D eigenvalue weighted by Crippen LogP contribution is -2.62. The lowest BCUT2D eigenvalue weighted by molar-refractivity contribution is -0.149. The van der Waals surface area contributed by atoms with Crippen LogP contribution in [0.1, 0.15) is 117 Å². The van der Waals surface area contributed by atoms with Gasteiger partial charge in [-0.3, -0.25) is 47.9 Å². The third kappa shape index (κ3) is 19.4. The summed E-state index contributed by atoms with van der Waals surface area (Å²) in [7, 11) is 0. The largest absolute Gasteiger partial charge is 0.480 e. The number of primary amides is 1. The van der Waals surface area contributed by atoms with E-state index < -0.39 is 144 Å². The van der Waals surface area contributed by atoms with Crippen molar-refractivity contribution < 1.29 is 68.1 Å². The van der Waals surface area contributed by atoms with E-state index in [4.69, 9.17) is 17.2 Å². The SMILES string of the molecule is CC[C@H](C)[C@H](NC(=O)[C@H](CO)NC(=O)[C@H](CCCCN)NC(=O)[C@@H](NC(=O)[C@H](CS)NC(=O)[C@H](CCC(N)=O)NC(=O)[C@@H]1CCCN1)[C@@H](C)O)C(=O)N1CCC[C@H]1C(=O)N1CCC[C@H]1C(=O)N[C@@H](CCCCN)C(=O)O. The van der Waals surface area contributed by atoms with Gasteiger partial charge in [0, 0.05) is 25.3 Å². The zero-order valence-electron chi connectivity index (χ0n) is 43.9. The van der Waals surface area contributed by atoms with Crippen LogP contribution in [-0.4, -0.2) is 202 Å². The molecule has 76 heavy (non-hydrogen) atoms. The second kappa shape index (κ2) is 32.8. The van der Waals surface area contributed by atoms with Crippen molar-refractivity contribution in [3.8, 4) is 0 Å². The Hall–Kier alpha value is -5.68. The van der Waals surface area contributed by atoms with Crippen molar-refractivity contribution in [2.45, 2.75) is 184 Å². The average molecular weight is 1100 g/mol. The number of carboxylic acids is 1. The van der Waals surface area contributed by atoms with Gasteiger partial charge in [-0.1, -0.05) is 20.3 Å². The standard InChI is InChI=1S/C48H83N13O14S/c1-4-26(2)37(47(73)61-23-11-16-35(61)46(72)60-22-10-15-34(60)44(70)55-31(48(74)75)13-6-8-20-50)58-42(68)32(24-62)56-40(66)29(12-5-7-19-49)54-45(71)38(27(3)63)59-43(69)33(25-76)57-41(67)30(17-18-36(51)64)53-39(65)28-14-9-21-52-28/h26-35,37-38,52,62-63,76H,4-25,49-50H2,1-3H3,(H2,51,64)(H,53,65)(H,54,71)(H,55,70)(H,56,66)(H,57,67)(H,58,68)(H,59,69)(H,74,75)/t26-,27+,28-,29-,30-,31-,32-,33-,34-,35-,37-,38-/m0/s1. The highest BCUT2D eigenvalue weighted by atomic mass is 32.1. The molecule has 0 aromatic heterocycles. The van der Waals surface area contributed by atoms with Crippen LogP contribution in [0, 0.1) is 5.92 Å². The van der Waals surface area contributed by atoms with E-state index in [0.29, 0.717) is 58.0 Å². The molecular formula is C48H83N13O14S. The van der Waals surface area contributed by atoms with Crippen molar-refractivity contribution in [2.75, 3.05) is 45.1 Å². The monoisotopic (exact) mass is 1100 g/mol. The van der Waals surface area contributed by atoms with E-state index >= 15 is 0 Å². The molecular weight excluding hydrogens is 1010 g/mol. The number of nitrogens with zero attached hydrogens (tertiary/aromatic N) is 2. The normalized spacial score (nSPS) is 20.8. The van der Waals surface area contributed by atoms with E-state index in [2.05, 4.69) is 55.2 Å². The molecule has 27 nitrogen and oxygen atoms in total. The fraction of sp³-hybridized carbons (Fsp3) is 0.771. The molecule has 0 saturated carbocycles.